The molecular formula is C19H25N5O. The molecule has 132 valence electrons. The second-order valence-electron chi connectivity index (χ2n) is 7.11. The van der Waals surface area contributed by atoms with Gasteiger partial charge in [-0.15, -0.1) is 0 Å². The summed E-state index contributed by atoms with van der Waals surface area (Å²) in [4.78, 5) is 23.4. The highest BCUT2D eigenvalue weighted by Crippen LogP contribution is 2.36. The van der Waals surface area contributed by atoms with Crippen molar-refractivity contribution in [3.63, 3.8) is 0 Å². The zero-order valence-electron chi connectivity index (χ0n) is 14.5. The van der Waals surface area contributed by atoms with E-state index < -0.39 is 0 Å². The van der Waals surface area contributed by atoms with E-state index in [1.807, 2.05) is 30.7 Å². The fourth-order valence-corrected chi connectivity index (χ4v) is 3.54. The van der Waals surface area contributed by atoms with Crippen molar-refractivity contribution >= 4 is 5.91 Å². The van der Waals surface area contributed by atoms with E-state index in [1.165, 1.54) is 18.5 Å². The lowest BCUT2D eigenvalue weighted by molar-refractivity contribution is -0.126. The van der Waals surface area contributed by atoms with E-state index in [4.69, 9.17) is 0 Å². The molecule has 1 amide bonds. The Balaban J connectivity index is 1.23. The standard InChI is InChI=1S/C19H25N5O/c25-19(22-11-16-3-1-2-8-21-16)15-6-9-23(10-7-15)13-18-12-20-14-24(18)17-4-5-17/h1-3,8,12,14-15,17H,4-7,9-11,13H2,(H,22,25). The summed E-state index contributed by atoms with van der Waals surface area (Å²) < 4.78 is 2.33. The lowest BCUT2D eigenvalue weighted by Gasteiger charge is -2.31. The van der Waals surface area contributed by atoms with Gasteiger partial charge in [-0.05, 0) is 50.9 Å². The number of piperidine rings is 1. The molecule has 1 saturated heterocycles. The first kappa shape index (κ1) is 16.3. The normalized spacial score (nSPS) is 19.0. The van der Waals surface area contributed by atoms with Crippen LogP contribution >= 0.6 is 0 Å². The van der Waals surface area contributed by atoms with Crippen molar-refractivity contribution in [2.75, 3.05) is 13.1 Å². The molecule has 2 fully saturated rings. The van der Waals surface area contributed by atoms with Crippen LogP contribution in [0.3, 0.4) is 0 Å². The minimum absolute atomic E-state index is 0.119. The molecule has 1 saturated carbocycles. The molecule has 25 heavy (non-hydrogen) atoms. The molecule has 2 aliphatic rings. The molecule has 0 bridgehead atoms. The topological polar surface area (TPSA) is 63.1 Å². The average Bonchev–Trinajstić information content (AvgIpc) is 3.40. The Morgan fingerprint density at radius 2 is 2.04 bits per heavy atom. The highest BCUT2D eigenvalue weighted by Gasteiger charge is 2.28. The number of carbonyl (C=O) groups is 1. The number of nitrogens with one attached hydrogen (secondary N) is 1. The van der Waals surface area contributed by atoms with Gasteiger partial charge in [0.25, 0.3) is 0 Å². The van der Waals surface area contributed by atoms with Crippen LogP contribution in [0.5, 0.6) is 0 Å². The molecule has 2 aromatic rings. The molecule has 1 aliphatic carbocycles. The van der Waals surface area contributed by atoms with E-state index in [2.05, 4.69) is 24.8 Å². The fraction of sp³-hybridized carbons (Fsp3) is 0.526. The van der Waals surface area contributed by atoms with Crippen molar-refractivity contribution in [2.24, 2.45) is 5.92 Å². The van der Waals surface area contributed by atoms with Crippen molar-refractivity contribution in [1.29, 1.82) is 0 Å². The number of likely N-dealkylation sites (tertiary alicyclic amines) is 1. The van der Waals surface area contributed by atoms with Crippen LogP contribution in [0.4, 0.5) is 0 Å². The molecule has 6 heteroatoms. The highest BCUT2D eigenvalue weighted by molar-refractivity contribution is 5.78. The monoisotopic (exact) mass is 339 g/mol. The Morgan fingerprint density at radius 3 is 2.76 bits per heavy atom. The number of hydrogen-bond acceptors (Lipinski definition) is 4. The molecular weight excluding hydrogens is 314 g/mol. The largest absolute Gasteiger partial charge is 0.350 e. The minimum atomic E-state index is 0.119. The Hall–Kier alpha value is -2.21. The summed E-state index contributed by atoms with van der Waals surface area (Å²) in [6.45, 7) is 3.40. The molecule has 4 rings (SSSR count). The van der Waals surface area contributed by atoms with Gasteiger partial charge in [0, 0.05) is 30.9 Å². The summed E-state index contributed by atoms with van der Waals surface area (Å²) in [6.07, 6.45) is 10.1. The van der Waals surface area contributed by atoms with E-state index in [9.17, 15) is 4.79 Å². The van der Waals surface area contributed by atoms with Crippen LogP contribution in [-0.2, 0) is 17.9 Å². The third-order valence-electron chi connectivity index (χ3n) is 5.20. The Kier molecular flexibility index (Phi) is 4.78. The van der Waals surface area contributed by atoms with E-state index in [0.29, 0.717) is 12.6 Å². The van der Waals surface area contributed by atoms with Crippen molar-refractivity contribution in [3.05, 3.63) is 48.3 Å². The van der Waals surface area contributed by atoms with Crippen LogP contribution in [-0.4, -0.2) is 38.4 Å². The van der Waals surface area contributed by atoms with Gasteiger partial charge in [0.1, 0.15) is 0 Å². The maximum Gasteiger partial charge on any atom is 0.223 e. The fourth-order valence-electron chi connectivity index (χ4n) is 3.54. The zero-order chi connectivity index (χ0) is 17.1. The number of imidazole rings is 1. The van der Waals surface area contributed by atoms with Crippen LogP contribution in [0.15, 0.2) is 36.9 Å². The van der Waals surface area contributed by atoms with Crippen LogP contribution in [0, 0.1) is 5.92 Å². The molecule has 0 unspecified atom stereocenters. The van der Waals surface area contributed by atoms with Crippen LogP contribution in [0.2, 0.25) is 0 Å². The van der Waals surface area contributed by atoms with Crippen molar-refractivity contribution in [1.82, 2.24) is 24.8 Å². The third kappa shape index (κ3) is 4.07. The Morgan fingerprint density at radius 1 is 1.20 bits per heavy atom. The lowest BCUT2D eigenvalue weighted by Crippen LogP contribution is -2.40. The van der Waals surface area contributed by atoms with Crippen LogP contribution < -0.4 is 5.32 Å². The summed E-state index contributed by atoms with van der Waals surface area (Å²) in [5.41, 5.74) is 2.21. The summed E-state index contributed by atoms with van der Waals surface area (Å²) in [5, 5.41) is 3.03. The van der Waals surface area contributed by atoms with Crippen molar-refractivity contribution < 1.29 is 4.79 Å². The smallest absolute Gasteiger partial charge is 0.223 e. The van der Waals surface area contributed by atoms with Gasteiger partial charge in [-0.3, -0.25) is 14.7 Å². The second kappa shape index (κ2) is 7.35. The number of carbonyl (C=O) groups excluding carboxylic acids is 1. The summed E-state index contributed by atoms with van der Waals surface area (Å²) >= 11 is 0. The maximum atomic E-state index is 12.4. The molecule has 0 atom stereocenters. The Labute approximate surface area is 148 Å². The molecule has 0 aromatic carbocycles. The molecule has 2 aromatic heterocycles. The highest BCUT2D eigenvalue weighted by atomic mass is 16.1. The zero-order valence-corrected chi connectivity index (χ0v) is 14.5. The molecule has 1 aliphatic heterocycles. The number of rotatable bonds is 6. The maximum absolute atomic E-state index is 12.4. The quantitative estimate of drug-likeness (QED) is 0.876. The van der Waals surface area contributed by atoms with Gasteiger partial charge >= 0.3 is 0 Å². The van der Waals surface area contributed by atoms with E-state index in [1.54, 1.807) is 6.20 Å². The molecule has 0 radical (unpaired) electrons. The van der Waals surface area contributed by atoms with E-state index in [0.717, 1.165) is 38.2 Å². The summed E-state index contributed by atoms with van der Waals surface area (Å²) in [7, 11) is 0. The van der Waals surface area contributed by atoms with Crippen molar-refractivity contribution in [3.8, 4) is 0 Å². The molecule has 3 heterocycles. The molecule has 6 nitrogen and oxygen atoms in total. The predicted molar refractivity (Wildman–Crippen MR) is 94.6 cm³/mol. The molecule has 0 spiro atoms. The average molecular weight is 339 g/mol. The van der Waals surface area contributed by atoms with Crippen LogP contribution in [0.1, 0.15) is 43.1 Å². The van der Waals surface area contributed by atoms with Crippen LogP contribution in [0.25, 0.3) is 0 Å². The number of aromatic nitrogens is 3. The first-order valence-electron chi connectivity index (χ1n) is 9.20. The van der Waals surface area contributed by atoms with Gasteiger partial charge in [0.05, 0.1) is 24.3 Å². The first-order valence-corrected chi connectivity index (χ1v) is 9.20. The van der Waals surface area contributed by atoms with Crippen molar-refractivity contribution in [2.45, 2.75) is 44.8 Å². The second-order valence-corrected chi connectivity index (χ2v) is 7.11. The van der Waals surface area contributed by atoms with Gasteiger partial charge in [-0.1, -0.05) is 6.07 Å². The SMILES string of the molecule is O=C(NCc1ccccn1)C1CCN(Cc2cncn2C2CC2)CC1. The number of hydrogen-bond donors (Lipinski definition) is 1. The van der Waals surface area contributed by atoms with Gasteiger partial charge in [0.2, 0.25) is 5.91 Å². The lowest BCUT2D eigenvalue weighted by atomic mass is 9.96. The number of nitrogens with zero attached hydrogens (tertiary/aromatic N) is 4. The predicted octanol–water partition coefficient (Wildman–Crippen LogP) is 2.14. The summed E-state index contributed by atoms with van der Waals surface area (Å²) in [6, 6.07) is 6.44. The molecule has 1 N–H and O–H groups in total. The third-order valence-corrected chi connectivity index (χ3v) is 5.20. The Bertz CT molecular complexity index is 702. The minimum Gasteiger partial charge on any atom is -0.350 e. The van der Waals surface area contributed by atoms with Gasteiger partial charge in [-0.2, -0.15) is 0 Å². The van der Waals surface area contributed by atoms with E-state index in [-0.39, 0.29) is 11.8 Å². The van der Waals surface area contributed by atoms with E-state index >= 15 is 0 Å². The first-order chi connectivity index (χ1) is 12.3. The summed E-state index contributed by atoms with van der Waals surface area (Å²) in [5.74, 6) is 0.279. The van der Waals surface area contributed by atoms with Gasteiger partial charge in [0.15, 0.2) is 0 Å². The van der Waals surface area contributed by atoms with Gasteiger partial charge in [-0.25, -0.2) is 4.98 Å². The number of pyridine rings is 1. The van der Waals surface area contributed by atoms with Gasteiger partial charge < -0.3 is 9.88 Å². The number of amides is 1.